The van der Waals surface area contributed by atoms with Gasteiger partial charge < -0.3 is 9.84 Å². The fourth-order valence-corrected chi connectivity index (χ4v) is 1.24. The summed E-state index contributed by atoms with van der Waals surface area (Å²) in [4.78, 5) is 24.1. The predicted octanol–water partition coefficient (Wildman–Crippen LogP) is 2.35. The van der Waals surface area contributed by atoms with Crippen molar-refractivity contribution in [3.05, 3.63) is 0 Å². The van der Waals surface area contributed by atoms with E-state index >= 15 is 0 Å². The Morgan fingerprint density at radius 1 is 1.24 bits per heavy atom. The van der Waals surface area contributed by atoms with Crippen molar-refractivity contribution in [2.75, 3.05) is 6.54 Å². The van der Waals surface area contributed by atoms with Crippen molar-refractivity contribution in [1.29, 1.82) is 0 Å². The molecule has 5 nitrogen and oxygen atoms in total. The van der Waals surface area contributed by atoms with Crippen LogP contribution in [0.15, 0.2) is 0 Å². The number of carboxylic acid groups (broad SMARTS) is 1. The zero-order valence-corrected chi connectivity index (χ0v) is 11.5. The number of hydrogen-bond donors (Lipinski definition) is 1. The number of nitrogens with zero attached hydrogens (tertiary/aromatic N) is 1. The predicted molar refractivity (Wildman–Crippen MR) is 64.9 cm³/mol. The molecule has 1 N–H and O–H groups in total. The number of aliphatic carboxylic acids is 1. The maximum absolute atomic E-state index is 11.9. The molecule has 0 radical (unpaired) electrons. The molecule has 0 aliphatic carbocycles. The molecular weight excluding hydrogens is 222 g/mol. The van der Waals surface area contributed by atoms with Crippen LogP contribution in [0.4, 0.5) is 4.79 Å². The van der Waals surface area contributed by atoms with Crippen LogP contribution < -0.4 is 0 Å². The van der Waals surface area contributed by atoms with Crippen molar-refractivity contribution in [3.63, 3.8) is 0 Å². The lowest BCUT2D eigenvalue weighted by molar-refractivity contribution is -0.142. The van der Waals surface area contributed by atoms with E-state index in [2.05, 4.69) is 0 Å². The Bertz CT molecular complexity index is 281. The van der Waals surface area contributed by atoms with Crippen LogP contribution in [-0.4, -0.2) is 40.3 Å². The summed E-state index contributed by atoms with van der Waals surface area (Å²) < 4.78 is 5.20. The first kappa shape index (κ1) is 15.7. The molecule has 1 atom stereocenters. The quantitative estimate of drug-likeness (QED) is 0.825. The Hall–Kier alpha value is -1.26. The summed E-state index contributed by atoms with van der Waals surface area (Å²) in [7, 11) is 0. The zero-order chi connectivity index (χ0) is 13.8. The number of carbonyl (C=O) groups is 2. The largest absolute Gasteiger partial charge is 0.480 e. The van der Waals surface area contributed by atoms with Crippen LogP contribution in [0.1, 0.15) is 41.5 Å². The number of carboxylic acids is 1. The van der Waals surface area contributed by atoms with Gasteiger partial charge in [-0.2, -0.15) is 0 Å². The minimum absolute atomic E-state index is 0.185. The van der Waals surface area contributed by atoms with Crippen LogP contribution in [0.5, 0.6) is 0 Å². The van der Waals surface area contributed by atoms with E-state index in [1.165, 1.54) is 11.8 Å². The summed E-state index contributed by atoms with van der Waals surface area (Å²) in [6.07, 6.45) is -0.582. The molecule has 1 amide bonds. The molecule has 0 unspecified atom stereocenters. The van der Waals surface area contributed by atoms with E-state index < -0.39 is 23.7 Å². The van der Waals surface area contributed by atoms with Crippen LogP contribution in [-0.2, 0) is 9.53 Å². The zero-order valence-electron chi connectivity index (χ0n) is 11.5. The standard InChI is InChI=1S/C12H23NO4/c1-8(2)7-13(9(3)10(14)15)11(16)17-12(4,5)6/h8-9H,7H2,1-6H3,(H,14,15)/t9-/m0/s1. The maximum Gasteiger partial charge on any atom is 0.411 e. The topological polar surface area (TPSA) is 66.8 Å². The molecule has 0 aromatic rings. The molecular formula is C12H23NO4. The Morgan fingerprint density at radius 3 is 2.00 bits per heavy atom. The van der Waals surface area contributed by atoms with Gasteiger partial charge in [-0.25, -0.2) is 9.59 Å². The van der Waals surface area contributed by atoms with Gasteiger partial charge in [-0.3, -0.25) is 4.90 Å². The number of amides is 1. The first-order valence-corrected chi connectivity index (χ1v) is 5.77. The molecule has 0 bridgehead atoms. The van der Waals surface area contributed by atoms with Gasteiger partial charge in [0.25, 0.3) is 0 Å². The van der Waals surface area contributed by atoms with Gasteiger partial charge in [-0.1, -0.05) is 13.8 Å². The smallest absolute Gasteiger partial charge is 0.411 e. The third kappa shape index (κ3) is 6.14. The van der Waals surface area contributed by atoms with E-state index in [1.54, 1.807) is 20.8 Å². The van der Waals surface area contributed by atoms with Crippen LogP contribution >= 0.6 is 0 Å². The van der Waals surface area contributed by atoms with Gasteiger partial charge in [-0.15, -0.1) is 0 Å². The van der Waals surface area contributed by atoms with Gasteiger partial charge >= 0.3 is 12.1 Å². The van der Waals surface area contributed by atoms with E-state index in [0.29, 0.717) is 6.54 Å². The van der Waals surface area contributed by atoms with E-state index in [-0.39, 0.29) is 5.92 Å². The molecule has 17 heavy (non-hydrogen) atoms. The van der Waals surface area contributed by atoms with Crippen LogP contribution in [0.3, 0.4) is 0 Å². The molecule has 0 saturated carbocycles. The lowest BCUT2D eigenvalue weighted by Crippen LogP contribution is -2.47. The molecule has 0 aliphatic heterocycles. The first-order chi connectivity index (χ1) is 7.54. The Labute approximate surface area is 103 Å². The highest BCUT2D eigenvalue weighted by atomic mass is 16.6. The number of carbonyl (C=O) groups excluding carboxylic acids is 1. The second-order valence-corrected chi connectivity index (χ2v) is 5.54. The highest BCUT2D eigenvalue weighted by molar-refractivity contribution is 5.79. The average molecular weight is 245 g/mol. The molecule has 0 aliphatic rings. The van der Waals surface area contributed by atoms with Gasteiger partial charge in [-0.05, 0) is 33.6 Å². The van der Waals surface area contributed by atoms with E-state index in [4.69, 9.17) is 9.84 Å². The normalized spacial score (nSPS) is 13.4. The van der Waals surface area contributed by atoms with Crippen molar-refractivity contribution in [3.8, 4) is 0 Å². The summed E-state index contributed by atoms with van der Waals surface area (Å²) in [5.74, 6) is -0.846. The third-order valence-corrected chi connectivity index (χ3v) is 2.01. The monoisotopic (exact) mass is 245 g/mol. The van der Waals surface area contributed by atoms with Crippen molar-refractivity contribution in [2.45, 2.75) is 53.2 Å². The summed E-state index contributed by atoms with van der Waals surface area (Å²) in [6, 6.07) is -0.882. The van der Waals surface area contributed by atoms with E-state index in [9.17, 15) is 9.59 Å². The molecule has 0 rings (SSSR count). The molecule has 0 saturated heterocycles. The Balaban J connectivity index is 4.80. The lowest BCUT2D eigenvalue weighted by Gasteiger charge is -2.30. The first-order valence-electron chi connectivity index (χ1n) is 5.77. The highest BCUT2D eigenvalue weighted by Gasteiger charge is 2.29. The number of hydrogen-bond acceptors (Lipinski definition) is 3. The molecule has 100 valence electrons. The summed E-state index contributed by atoms with van der Waals surface area (Å²) in [6.45, 7) is 11.0. The fourth-order valence-electron chi connectivity index (χ4n) is 1.24. The highest BCUT2D eigenvalue weighted by Crippen LogP contribution is 2.13. The van der Waals surface area contributed by atoms with Crippen molar-refractivity contribution in [2.24, 2.45) is 5.92 Å². The van der Waals surface area contributed by atoms with E-state index in [0.717, 1.165) is 0 Å². The average Bonchev–Trinajstić information content (AvgIpc) is 2.09. The lowest BCUT2D eigenvalue weighted by atomic mass is 10.1. The van der Waals surface area contributed by atoms with Gasteiger partial charge in [0.05, 0.1) is 0 Å². The Morgan fingerprint density at radius 2 is 1.71 bits per heavy atom. The molecule has 5 heteroatoms. The summed E-state index contributed by atoms with van der Waals surface area (Å²) in [5.41, 5.74) is -0.620. The van der Waals surface area contributed by atoms with Crippen molar-refractivity contribution in [1.82, 2.24) is 4.90 Å². The molecule has 0 spiro atoms. The summed E-state index contributed by atoms with van der Waals surface area (Å²) in [5, 5.41) is 8.96. The van der Waals surface area contributed by atoms with Crippen LogP contribution in [0.25, 0.3) is 0 Å². The van der Waals surface area contributed by atoms with Gasteiger partial charge in [0.1, 0.15) is 11.6 Å². The SMILES string of the molecule is CC(C)CN(C(=O)OC(C)(C)C)[C@@H](C)C(=O)O. The number of rotatable bonds is 4. The minimum atomic E-state index is -1.03. The second kappa shape index (κ2) is 5.89. The maximum atomic E-state index is 11.9. The molecule has 0 aromatic heterocycles. The van der Waals surface area contributed by atoms with Crippen LogP contribution in [0.2, 0.25) is 0 Å². The molecule has 0 fully saturated rings. The minimum Gasteiger partial charge on any atom is -0.480 e. The van der Waals surface area contributed by atoms with Gasteiger partial charge in [0.2, 0.25) is 0 Å². The molecule has 0 aromatic carbocycles. The number of ether oxygens (including phenoxy) is 1. The molecule has 0 heterocycles. The Kier molecular flexibility index (Phi) is 5.45. The fraction of sp³-hybridized carbons (Fsp3) is 0.833. The van der Waals surface area contributed by atoms with Crippen LogP contribution in [0, 0.1) is 5.92 Å². The summed E-state index contributed by atoms with van der Waals surface area (Å²) >= 11 is 0. The van der Waals surface area contributed by atoms with Crippen molar-refractivity contribution < 1.29 is 19.4 Å². The second-order valence-electron chi connectivity index (χ2n) is 5.54. The third-order valence-electron chi connectivity index (χ3n) is 2.01. The van der Waals surface area contributed by atoms with Crippen molar-refractivity contribution >= 4 is 12.1 Å². The van der Waals surface area contributed by atoms with E-state index in [1.807, 2.05) is 13.8 Å². The van der Waals surface area contributed by atoms with Gasteiger partial charge in [0.15, 0.2) is 0 Å². The van der Waals surface area contributed by atoms with Gasteiger partial charge in [0, 0.05) is 6.54 Å².